The Hall–Kier alpha value is -2.85. The number of oxime groups is 1. The smallest absolute Gasteiger partial charge is 0.322 e. The van der Waals surface area contributed by atoms with Crippen LogP contribution in [-0.2, 0) is 27.3 Å². The van der Waals surface area contributed by atoms with E-state index < -0.39 is 12.0 Å². The van der Waals surface area contributed by atoms with Gasteiger partial charge in [-0.25, -0.2) is 9.02 Å². The van der Waals surface area contributed by atoms with Gasteiger partial charge in [-0.15, -0.1) is 0 Å². The van der Waals surface area contributed by atoms with Gasteiger partial charge in [0.1, 0.15) is 23.3 Å². The summed E-state index contributed by atoms with van der Waals surface area (Å²) in [7, 11) is 1.26. The maximum Gasteiger partial charge on any atom is 0.322 e. The number of carbonyl (C=O) groups excluding carboxylic acids is 1. The monoisotopic (exact) mass is 380 g/mol. The van der Waals surface area contributed by atoms with Gasteiger partial charge in [-0.3, -0.25) is 4.79 Å². The predicted octanol–water partition coefficient (Wildman–Crippen LogP) is 1.35. The van der Waals surface area contributed by atoms with E-state index in [-0.39, 0.29) is 43.3 Å². The Kier molecular flexibility index (Phi) is 7.38. The van der Waals surface area contributed by atoms with Crippen molar-refractivity contribution in [1.82, 2.24) is 10.3 Å². The summed E-state index contributed by atoms with van der Waals surface area (Å²) in [6.45, 7) is 1.84. The van der Waals surface area contributed by atoms with E-state index in [1.165, 1.54) is 13.2 Å². The van der Waals surface area contributed by atoms with E-state index in [0.717, 1.165) is 0 Å². The van der Waals surface area contributed by atoms with Crippen LogP contribution in [0.2, 0.25) is 0 Å². The van der Waals surface area contributed by atoms with Gasteiger partial charge in [0.25, 0.3) is 0 Å². The minimum absolute atomic E-state index is 0.00794. The Morgan fingerprint density at radius 1 is 1.44 bits per heavy atom. The van der Waals surface area contributed by atoms with Crippen molar-refractivity contribution < 1.29 is 28.5 Å². The summed E-state index contributed by atoms with van der Waals surface area (Å²) in [6, 6.07) is 3.94. The SMILES string of the molecule is COC(=O)C(N)CCOCc1nonc1/C(Cc1ccc(C)c(F)c1)=N/O. The lowest BCUT2D eigenvalue weighted by atomic mass is 10.0. The zero-order chi connectivity index (χ0) is 19.8. The zero-order valence-corrected chi connectivity index (χ0v) is 15.0. The molecule has 0 aliphatic carbocycles. The molecule has 2 aromatic rings. The lowest BCUT2D eigenvalue weighted by Crippen LogP contribution is -2.32. The van der Waals surface area contributed by atoms with E-state index in [4.69, 9.17) is 15.1 Å². The van der Waals surface area contributed by atoms with Gasteiger partial charge in [-0.05, 0) is 35.7 Å². The number of hydrogen-bond acceptors (Lipinski definition) is 9. The molecule has 27 heavy (non-hydrogen) atoms. The maximum absolute atomic E-state index is 13.7. The predicted molar refractivity (Wildman–Crippen MR) is 91.7 cm³/mol. The number of ether oxygens (including phenoxy) is 2. The fourth-order valence-electron chi connectivity index (χ4n) is 2.27. The Labute approximate surface area is 154 Å². The topological polar surface area (TPSA) is 133 Å². The van der Waals surface area contributed by atoms with Gasteiger partial charge in [0, 0.05) is 13.0 Å². The van der Waals surface area contributed by atoms with Gasteiger partial charge >= 0.3 is 5.97 Å². The molecule has 2 rings (SSSR count). The van der Waals surface area contributed by atoms with E-state index in [0.29, 0.717) is 16.8 Å². The first-order valence-corrected chi connectivity index (χ1v) is 8.15. The summed E-state index contributed by atoms with van der Waals surface area (Å²) in [5.74, 6) is -0.879. The average molecular weight is 380 g/mol. The van der Waals surface area contributed by atoms with E-state index in [2.05, 4.69) is 20.2 Å². The van der Waals surface area contributed by atoms with E-state index in [9.17, 15) is 14.4 Å². The van der Waals surface area contributed by atoms with Crippen LogP contribution < -0.4 is 5.73 Å². The largest absolute Gasteiger partial charge is 0.468 e. The molecule has 1 atom stereocenters. The average Bonchev–Trinajstić information content (AvgIpc) is 3.13. The van der Waals surface area contributed by atoms with Crippen molar-refractivity contribution >= 4 is 11.7 Å². The van der Waals surface area contributed by atoms with Crippen LogP contribution in [0.1, 0.15) is 28.9 Å². The molecule has 0 bridgehead atoms. The molecule has 0 fully saturated rings. The summed E-state index contributed by atoms with van der Waals surface area (Å²) >= 11 is 0. The summed E-state index contributed by atoms with van der Waals surface area (Å²) in [5, 5.41) is 20.0. The minimum Gasteiger partial charge on any atom is -0.468 e. The standard InChI is InChI=1S/C17H21FN4O5/c1-10-3-4-11(7-12(10)18)8-14(20-24)16-15(21-27-22-16)9-26-6-5-13(19)17(23)25-2/h3-4,7,13,24H,5-6,8-9,19H2,1-2H3/b20-14+. The molecule has 1 aromatic heterocycles. The van der Waals surface area contributed by atoms with Crippen LogP contribution in [0.25, 0.3) is 0 Å². The molecule has 0 spiro atoms. The number of nitrogens with two attached hydrogens (primary N) is 1. The number of benzene rings is 1. The molecule has 0 amide bonds. The second-order valence-electron chi connectivity index (χ2n) is 5.84. The van der Waals surface area contributed by atoms with E-state index in [1.807, 2.05) is 0 Å². The first-order chi connectivity index (χ1) is 13.0. The van der Waals surface area contributed by atoms with Crippen molar-refractivity contribution in [1.29, 1.82) is 0 Å². The number of hydrogen-bond donors (Lipinski definition) is 2. The summed E-state index contributed by atoms with van der Waals surface area (Å²) in [5.41, 5.74) is 7.40. The Bertz CT molecular complexity index is 808. The number of esters is 1. The molecule has 9 nitrogen and oxygen atoms in total. The van der Waals surface area contributed by atoms with E-state index >= 15 is 0 Å². The van der Waals surface area contributed by atoms with Crippen molar-refractivity contribution in [2.45, 2.75) is 32.4 Å². The van der Waals surface area contributed by atoms with Crippen LogP contribution in [0, 0.1) is 12.7 Å². The summed E-state index contributed by atoms with van der Waals surface area (Å²) < 4.78 is 28.3. The molecule has 1 unspecified atom stereocenters. The third kappa shape index (κ3) is 5.56. The molecular formula is C17H21FN4O5. The van der Waals surface area contributed by atoms with Crippen LogP contribution in [0.4, 0.5) is 4.39 Å². The fourth-order valence-corrected chi connectivity index (χ4v) is 2.27. The fraction of sp³-hybridized carbons (Fsp3) is 0.412. The van der Waals surface area contributed by atoms with Crippen molar-refractivity contribution in [3.8, 4) is 0 Å². The van der Waals surface area contributed by atoms with Crippen molar-refractivity contribution in [3.05, 3.63) is 46.5 Å². The maximum atomic E-state index is 13.7. The third-order valence-corrected chi connectivity index (χ3v) is 3.87. The highest BCUT2D eigenvalue weighted by molar-refractivity contribution is 6.00. The van der Waals surface area contributed by atoms with Crippen molar-refractivity contribution in [2.75, 3.05) is 13.7 Å². The van der Waals surface area contributed by atoms with Crippen LogP contribution in [0.15, 0.2) is 28.0 Å². The van der Waals surface area contributed by atoms with Gasteiger partial charge < -0.3 is 20.4 Å². The molecule has 0 saturated heterocycles. The van der Waals surface area contributed by atoms with Gasteiger partial charge in [-0.1, -0.05) is 22.4 Å². The Balaban J connectivity index is 1.97. The normalized spacial score (nSPS) is 12.8. The van der Waals surface area contributed by atoms with Gasteiger partial charge in [0.2, 0.25) is 0 Å². The number of aromatic nitrogens is 2. The third-order valence-electron chi connectivity index (χ3n) is 3.87. The number of halogens is 1. The summed E-state index contributed by atoms with van der Waals surface area (Å²) in [6.07, 6.45) is 0.388. The van der Waals surface area contributed by atoms with Gasteiger partial charge in [0.05, 0.1) is 13.7 Å². The molecule has 0 aliphatic rings. The molecule has 0 radical (unpaired) electrons. The van der Waals surface area contributed by atoms with Crippen LogP contribution >= 0.6 is 0 Å². The molecular weight excluding hydrogens is 359 g/mol. The summed E-state index contributed by atoms with van der Waals surface area (Å²) in [4.78, 5) is 11.2. The quantitative estimate of drug-likeness (QED) is 0.219. The minimum atomic E-state index is -0.782. The van der Waals surface area contributed by atoms with Crippen molar-refractivity contribution in [2.24, 2.45) is 10.9 Å². The van der Waals surface area contributed by atoms with Crippen molar-refractivity contribution in [3.63, 3.8) is 0 Å². The van der Waals surface area contributed by atoms with Gasteiger partial charge in [-0.2, -0.15) is 0 Å². The second kappa shape index (κ2) is 9.74. The molecule has 1 aromatic carbocycles. The lowest BCUT2D eigenvalue weighted by molar-refractivity contribution is -0.142. The molecule has 0 aliphatic heterocycles. The molecule has 3 N–H and O–H groups in total. The molecule has 10 heteroatoms. The van der Waals surface area contributed by atoms with Crippen LogP contribution in [0.5, 0.6) is 0 Å². The van der Waals surface area contributed by atoms with Crippen LogP contribution in [0.3, 0.4) is 0 Å². The number of carbonyl (C=O) groups is 1. The second-order valence-corrected chi connectivity index (χ2v) is 5.84. The first kappa shape index (κ1) is 20.5. The number of aryl methyl sites for hydroxylation is 1. The van der Waals surface area contributed by atoms with Crippen LogP contribution in [-0.4, -0.2) is 47.0 Å². The number of rotatable bonds is 9. The lowest BCUT2D eigenvalue weighted by Gasteiger charge is -2.09. The number of nitrogens with zero attached hydrogens (tertiary/aromatic N) is 3. The highest BCUT2D eigenvalue weighted by Crippen LogP contribution is 2.14. The van der Waals surface area contributed by atoms with E-state index in [1.54, 1.807) is 19.1 Å². The number of methoxy groups -OCH3 is 1. The highest BCUT2D eigenvalue weighted by atomic mass is 19.1. The highest BCUT2D eigenvalue weighted by Gasteiger charge is 2.19. The Morgan fingerprint density at radius 2 is 2.22 bits per heavy atom. The zero-order valence-electron chi connectivity index (χ0n) is 15.0. The molecule has 1 heterocycles. The molecule has 0 saturated carbocycles. The first-order valence-electron chi connectivity index (χ1n) is 8.15. The molecule has 146 valence electrons. The Morgan fingerprint density at radius 3 is 2.89 bits per heavy atom. The van der Waals surface area contributed by atoms with Gasteiger partial charge in [0.15, 0.2) is 5.69 Å².